The Morgan fingerprint density at radius 2 is 2.05 bits per heavy atom. The third-order valence-corrected chi connectivity index (χ3v) is 4.72. The lowest BCUT2D eigenvalue weighted by molar-refractivity contribution is -0.152. The van der Waals surface area contributed by atoms with Gasteiger partial charge >= 0.3 is 5.97 Å². The Hall–Kier alpha value is -1.85. The predicted molar refractivity (Wildman–Crippen MR) is 78.2 cm³/mol. The molecule has 6 nitrogen and oxygen atoms in total. The molecule has 1 aromatic heterocycles. The van der Waals surface area contributed by atoms with Crippen LogP contribution in [-0.2, 0) is 11.8 Å². The lowest BCUT2D eigenvalue weighted by atomic mass is 9.77. The van der Waals surface area contributed by atoms with Crippen molar-refractivity contribution in [3.63, 3.8) is 0 Å². The van der Waals surface area contributed by atoms with E-state index in [1.807, 2.05) is 27.8 Å². The van der Waals surface area contributed by atoms with Gasteiger partial charge in [0, 0.05) is 25.8 Å². The third-order valence-electron chi connectivity index (χ3n) is 4.72. The van der Waals surface area contributed by atoms with Crippen molar-refractivity contribution in [3.05, 3.63) is 17.0 Å². The molecule has 0 aromatic carbocycles. The van der Waals surface area contributed by atoms with E-state index in [1.54, 1.807) is 9.58 Å². The zero-order valence-electron chi connectivity index (χ0n) is 13.1. The molecular formula is C15H23N3O3. The number of nitrogens with zero attached hydrogens (tertiary/aromatic N) is 3. The predicted octanol–water partition coefficient (Wildman–Crippen LogP) is 1.75. The molecule has 1 atom stereocenters. The molecule has 1 aliphatic heterocycles. The van der Waals surface area contributed by atoms with Crippen LogP contribution in [0.4, 0.5) is 0 Å². The van der Waals surface area contributed by atoms with E-state index in [2.05, 4.69) is 5.10 Å². The number of hydrogen-bond donors (Lipinski definition) is 1. The normalized spacial score (nSPS) is 22.4. The quantitative estimate of drug-likeness (QED) is 0.921. The zero-order valence-corrected chi connectivity index (χ0v) is 13.1. The molecule has 1 fully saturated rings. The number of aliphatic carboxylic acids is 1. The topological polar surface area (TPSA) is 75.4 Å². The molecule has 6 heteroatoms. The first-order valence-electron chi connectivity index (χ1n) is 7.35. The Kier molecular flexibility index (Phi) is 4.07. The highest BCUT2D eigenvalue weighted by molar-refractivity contribution is 5.96. The van der Waals surface area contributed by atoms with Gasteiger partial charge in [0.05, 0.1) is 16.7 Å². The number of hydrogen-bond acceptors (Lipinski definition) is 3. The average Bonchev–Trinajstić information content (AvgIpc) is 2.71. The zero-order chi connectivity index (χ0) is 15.8. The molecule has 2 heterocycles. The summed E-state index contributed by atoms with van der Waals surface area (Å²) in [5.41, 5.74) is 1.32. The number of carbonyl (C=O) groups is 2. The van der Waals surface area contributed by atoms with E-state index < -0.39 is 11.4 Å². The minimum atomic E-state index is -0.808. The number of amides is 1. The van der Waals surface area contributed by atoms with E-state index in [-0.39, 0.29) is 12.5 Å². The third kappa shape index (κ3) is 2.54. The van der Waals surface area contributed by atoms with Crippen molar-refractivity contribution >= 4 is 11.9 Å². The van der Waals surface area contributed by atoms with Crippen molar-refractivity contribution in [2.24, 2.45) is 12.5 Å². The van der Waals surface area contributed by atoms with E-state index in [0.29, 0.717) is 30.6 Å². The Morgan fingerprint density at radius 1 is 1.38 bits per heavy atom. The highest BCUT2D eigenvalue weighted by atomic mass is 16.4. The van der Waals surface area contributed by atoms with Gasteiger partial charge in [-0.2, -0.15) is 5.10 Å². The molecule has 0 saturated carbocycles. The van der Waals surface area contributed by atoms with E-state index in [1.165, 1.54) is 0 Å². The highest BCUT2D eigenvalue weighted by Crippen LogP contribution is 2.34. The molecule has 21 heavy (non-hydrogen) atoms. The van der Waals surface area contributed by atoms with Crippen molar-refractivity contribution in [1.82, 2.24) is 14.7 Å². The molecule has 1 aromatic rings. The summed E-state index contributed by atoms with van der Waals surface area (Å²) < 4.78 is 1.69. The Bertz CT molecular complexity index is 579. The van der Waals surface area contributed by atoms with Crippen LogP contribution in [-0.4, -0.2) is 44.8 Å². The van der Waals surface area contributed by atoms with Crippen LogP contribution in [0.2, 0.25) is 0 Å². The summed E-state index contributed by atoms with van der Waals surface area (Å²) >= 11 is 0. The van der Waals surface area contributed by atoms with Gasteiger partial charge in [-0.05, 0) is 33.1 Å². The van der Waals surface area contributed by atoms with Gasteiger partial charge in [0.1, 0.15) is 0 Å². The van der Waals surface area contributed by atoms with Crippen LogP contribution < -0.4 is 0 Å². The lowest BCUT2D eigenvalue weighted by Crippen LogP contribution is -2.49. The molecule has 1 saturated heterocycles. The molecule has 2 rings (SSSR count). The first-order chi connectivity index (χ1) is 9.82. The summed E-state index contributed by atoms with van der Waals surface area (Å²) in [6.45, 7) is 6.45. The summed E-state index contributed by atoms with van der Waals surface area (Å²) in [7, 11) is 1.81. The maximum Gasteiger partial charge on any atom is 0.311 e. The summed E-state index contributed by atoms with van der Waals surface area (Å²) in [5.74, 6) is -0.904. The van der Waals surface area contributed by atoms with E-state index in [0.717, 1.165) is 12.1 Å². The minimum Gasteiger partial charge on any atom is -0.481 e. The monoisotopic (exact) mass is 293 g/mol. The second kappa shape index (κ2) is 5.50. The fourth-order valence-corrected chi connectivity index (χ4v) is 3.16. The number of carboxylic acids is 1. The van der Waals surface area contributed by atoms with Crippen LogP contribution in [0.5, 0.6) is 0 Å². The van der Waals surface area contributed by atoms with Crippen molar-refractivity contribution in [1.29, 1.82) is 0 Å². The number of likely N-dealkylation sites (tertiary alicyclic amines) is 1. The maximum atomic E-state index is 12.8. The van der Waals surface area contributed by atoms with Crippen molar-refractivity contribution in [2.45, 2.75) is 40.0 Å². The molecule has 0 bridgehead atoms. The van der Waals surface area contributed by atoms with Crippen LogP contribution in [0.1, 0.15) is 47.9 Å². The summed E-state index contributed by atoms with van der Waals surface area (Å²) in [6.07, 6.45) is 1.90. The fourth-order valence-electron chi connectivity index (χ4n) is 3.16. The lowest BCUT2D eigenvalue weighted by Gasteiger charge is -2.39. The van der Waals surface area contributed by atoms with Gasteiger partial charge in [0.2, 0.25) is 0 Å². The van der Waals surface area contributed by atoms with Gasteiger partial charge in [-0.3, -0.25) is 14.3 Å². The molecular weight excluding hydrogens is 270 g/mol. The van der Waals surface area contributed by atoms with Crippen LogP contribution in [0.25, 0.3) is 0 Å². The number of carboxylic acid groups (broad SMARTS) is 1. The van der Waals surface area contributed by atoms with Crippen molar-refractivity contribution < 1.29 is 14.7 Å². The molecule has 1 N–H and O–H groups in total. The molecule has 0 aliphatic carbocycles. The second-order valence-corrected chi connectivity index (χ2v) is 5.94. The summed E-state index contributed by atoms with van der Waals surface area (Å²) in [6, 6.07) is 0. The summed E-state index contributed by atoms with van der Waals surface area (Å²) in [4.78, 5) is 26.0. The van der Waals surface area contributed by atoms with Gasteiger partial charge in [0.15, 0.2) is 0 Å². The Morgan fingerprint density at radius 3 is 2.52 bits per heavy atom. The van der Waals surface area contributed by atoms with Gasteiger partial charge < -0.3 is 10.0 Å². The highest BCUT2D eigenvalue weighted by Gasteiger charge is 2.42. The molecule has 116 valence electrons. The Labute approximate surface area is 124 Å². The molecule has 1 amide bonds. The van der Waals surface area contributed by atoms with E-state index in [9.17, 15) is 14.7 Å². The fraction of sp³-hybridized carbons (Fsp3) is 0.667. The maximum absolute atomic E-state index is 12.8. The van der Waals surface area contributed by atoms with E-state index >= 15 is 0 Å². The first-order valence-corrected chi connectivity index (χ1v) is 7.35. The van der Waals surface area contributed by atoms with Gasteiger partial charge in [-0.15, -0.1) is 0 Å². The van der Waals surface area contributed by atoms with Crippen LogP contribution in [0.15, 0.2) is 0 Å². The number of rotatable bonds is 3. The smallest absolute Gasteiger partial charge is 0.311 e. The summed E-state index contributed by atoms with van der Waals surface area (Å²) in [5, 5.41) is 13.8. The molecule has 1 unspecified atom stereocenters. The van der Waals surface area contributed by atoms with Crippen LogP contribution >= 0.6 is 0 Å². The Balaban J connectivity index is 2.29. The number of piperidine rings is 1. The van der Waals surface area contributed by atoms with Crippen molar-refractivity contribution in [3.8, 4) is 0 Å². The largest absolute Gasteiger partial charge is 0.481 e. The standard InChI is InChI=1S/C15H23N3O3/c1-5-15(14(20)21)7-6-8-18(9-15)13(19)12-10(2)16-17(4)11(12)3/h5-9H2,1-4H3,(H,20,21). The second-order valence-electron chi connectivity index (χ2n) is 5.94. The number of aryl methyl sites for hydroxylation is 2. The van der Waals surface area contributed by atoms with Gasteiger partial charge in [0.25, 0.3) is 5.91 Å². The first kappa shape index (κ1) is 15.5. The number of aromatic nitrogens is 2. The van der Waals surface area contributed by atoms with Crippen LogP contribution in [0, 0.1) is 19.3 Å². The molecule has 0 radical (unpaired) electrons. The minimum absolute atomic E-state index is 0.100. The molecule has 1 aliphatic rings. The van der Waals surface area contributed by atoms with Gasteiger partial charge in [-0.1, -0.05) is 6.92 Å². The average molecular weight is 293 g/mol. The van der Waals surface area contributed by atoms with Crippen molar-refractivity contribution in [2.75, 3.05) is 13.1 Å². The van der Waals surface area contributed by atoms with Gasteiger partial charge in [-0.25, -0.2) is 0 Å². The molecule has 0 spiro atoms. The SMILES string of the molecule is CCC1(C(=O)O)CCCN(C(=O)c2c(C)nn(C)c2C)C1. The van der Waals surface area contributed by atoms with E-state index in [4.69, 9.17) is 0 Å². The number of carbonyl (C=O) groups excluding carboxylic acids is 1. The van der Waals surface area contributed by atoms with Crippen LogP contribution in [0.3, 0.4) is 0 Å².